The van der Waals surface area contributed by atoms with Crippen molar-refractivity contribution in [1.82, 2.24) is 0 Å². The number of nitrogens with two attached hydrogens (primary N) is 1. The molecule has 4 aromatic carbocycles. The molecular formula is C33H28Cl5N3O2. The maximum Gasteiger partial charge on any atom is 0.257 e. The van der Waals surface area contributed by atoms with E-state index in [1.807, 2.05) is 43.3 Å². The van der Waals surface area contributed by atoms with Crippen LogP contribution in [0.5, 0.6) is 0 Å². The normalized spacial score (nSPS) is 19.4. The lowest BCUT2D eigenvalue weighted by Crippen LogP contribution is -2.34. The first-order chi connectivity index (χ1) is 20.4. The fourth-order valence-electron chi connectivity index (χ4n) is 5.63. The molecule has 5 rings (SSSR count). The fraction of sp³-hybridized carbons (Fsp3) is 0.212. The Kier molecular flexibility index (Phi) is 8.95. The summed E-state index contributed by atoms with van der Waals surface area (Å²) in [7, 11) is 0. The lowest BCUT2D eigenvalue weighted by atomic mass is 9.88. The van der Waals surface area contributed by atoms with E-state index in [4.69, 9.17) is 63.7 Å². The van der Waals surface area contributed by atoms with Gasteiger partial charge in [0.2, 0.25) is 5.91 Å². The van der Waals surface area contributed by atoms with Crippen molar-refractivity contribution in [3.63, 3.8) is 0 Å². The van der Waals surface area contributed by atoms with E-state index in [1.54, 1.807) is 24.3 Å². The summed E-state index contributed by atoms with van der Waals surface area (Å²) in [6, 6.07) is 25.4. The summed E-state index contributed by atoms with van der Waals surface area (Å²) < 4.78 is -1.62. The van der Waals surface area contributed by atoms with E-state index in [1.165, 1.54) is 17.7 Å². The third-order valence-electron chi connectivity index (χ3n) is 7.97. The SMILES string of the molecule is Cc1cc(NCC(C)c2ccccc2)ccc1NC(=O)c1cc(C2(C(N)=O)C(c3cc(Cl)cc(Cl)c3)C2(Cl)Cl)ccc1Cl. The van der Waals surface area contributed by atoms with E-state index in [9.17, 15) is 9.59 Å². The van der Waals surface area contributed by atoms with Crippen molar-refractivity contribution in [1.29, 1.82) is 0 Å². The smallest absolute Gasteiger partial charge is 0.257 e. The third kappa shape index (κ3) is 5.94. The second kappa shape index (κ2) is 12.2. The second-order valence-electron chi connectivity index (χ2n) is 10.8. The van der Waals surface area contributed by atoms with Crippen LogP contribution >= 0.6 is 58.0 Å². The number of carbonyl (C=O) groups excluding carboxylic acids is 2. The zero-order chi connectivity index (χ0) is 31.1. The molecule has 43 heavy (non-hydrogen) atoms. The molecule has 0 radical (unpaired) electrons. The highest BCUT2D eigenvalue weighted by molar-refractivity contribution is 6.55. The van der Waals surface area contributed by atoms with Gasteiger partial charge in [-0.15, -0.1) is 0 Å². The van der Waals surface area contributed by atoms with Crippen LogP contribution < -0.4 is 16.4 Å². The molecule has 0 spiro atoms. The van der Waals surface area contributed by atoms with Crippen molar-refractivity contribution in [3.8, 4) is 0 Å². The molecule has 0 bridgehead atoms. The molecule has 1 fully saturated rings. The Labute approximate surface area is 275 Å². The maximum atomic E-state index is 13.5. The van der Waals surface area contributed by atoms with Gasteiger partial charge in [0.1, 0.15) is 9.75 Å². The van der Waals surface area contributed by atoms with Crippen LogP contribution in [0.25, 0.3) is 0 Å². The van der Waals surface area contributed by atoms with E-state index in [-0.39, 0.29) is 10.6 Å². The van der Waals surface area contributed by atoms with Gasteiger partial charge in [-0.2, -0.15) is 0 Å². The Balaban J connectivity index is 1.37. The number of hydrogen-bond donors (Lipinski definition) is 3. The standard InChI is InChI=1S/C33H28Cl5N3O2/c1-18-12-25(40-17-19(2)20-6-4-3-5-7-20)9-11-28(18)41-30(42)26-15-22(8-10-27(26)36)32(31(39)43)29(33(32,37)38)21-13-23(34)16-24(35)14-21/h3-16,19,29,40H,17H2,1-2H3,(H2,39,43)(H,41,42). The number of alkyl halides is 2. The lowest BCUT2D eigenvalue weighted by molar-refractivity contribution is -0.120. The molecule has 0 aromatic heterocycles. The zero-order valence-electron chi connectivity index (χ0n) is 23.2. The van der Waals surface area contributed by atoms with E-state index in [0.717, 1.165) is 17.8 Å². The Hall–Kier alpha value is -2.93. The summed E-state index contributed by atoms with van der Waals surface area (Å²) >= 11 is 32.4. The number of primary amides is 1. The maximum absolute atomic E-state index is 13.5. The number of amides is 2. The molecule has 1 aliphatic rings. The highest BCUT2D eigenvalue weighted by Gasteiger charge is 2.80. The number of hydrogen-bond acceptors (Lipinski definition) is 3. The first kappa shape index (κ1) is 31.5. The lowest BCUT2D eigenvalue weighted by Gasteiger charge is -2.18. The quantitative estimate of drug-likeness (QED) is 0.155. The van der Waals surface area contributed by atoms with Gasteiger partial charge >= 0.3 is 0 Å². The topological polar surface area (TPSA) is 84.2 Å². The van der Waals surface area contributed by atoms with Crippen LogP contribution in [0.4, 0.5) is 11.4 Å². The van der Waals surface area contributed by atoms with Crippen LogP contribution in [0.2, 0.25) is 15.1 Å². The van der Waals surface area contributed by atoms with Crippen molar-refractivity contribution in [2.75, 3.05) is 17.2 Å². The third-order valence-corrected chi connectivity index (χ3v) is 9.77. The first-order valence-electron chi connectivity index (χ1n) is 13.5. The molecule has 2 amide bonds. The molecule has 3 unspecified atom stereocenters. The number of halogens is 5. The molecule has 10 heteroatoms. The van der Waals surface area contributed by atoms with Gasteiger partial charge in [0.25, 0.3) is 5.91 Å². The van der Waals surface area contributed by atoms with Crippen LogP contribution in [0.15, 0.2) is 84.9 Å². The molecular weight excluding hydrogens is 648 g/mol. The fourth-order valence-corrected chi connectivity index (χ4v) is 7.47. The van der Waals surface area contributed by atoms with Crippen molar-refractivity contribution in [2.24, 2.45) is 5.73 Å². The van der Waals surface area contributed by atoms with E-state index in [0.29, 0.717) is 32.8 Å². The number of rotatable bonds is 9. The van der Waals surface area contributed by atoms with Crippen LogP contribution in [0.3, 0.4) is 0 Å². The van der Waals surface area contributed by atoms with Gasteiger partial charge in [0.05, 0.1) is 10.6 Å². The monoisotopic (exact) mass is 673 g/mol. The molecule has 0 heterocycles. The highest BCUT2D eigenvalue weighted by Crippen LogP contribution is 2.74. The Bertz CT molecular complexity index is 1690. The van der Waals surface area contributed by atoms with Gasteiger partial charge in [0, 0.05) is 33.9 Å². The van der Waals surface area contributed by atoms with E-state index >= 15 is 0 Å². The van der Waals surface area contributed by atoms with E-state index < -0.39 is 27.5 Å². The van der Waals surface area contributed by atoms with Crippen molar-refractivity contribution in [3.05, 3.63) is 128 Å². The predicted molar refractivity (Wildman–Crippen MR) is 178 cm³/mol. The minimum absolute atomic E-state index is 0.136. The minimum atomic E-state index is -1.62. The van der Waals surface area contributed by atoms with Crippen LogP contribution in [-0.4, -0.2) is 22.7 Å². The summed E-state index contributed by atoms with van der Waals surface area (Å²) in [6.07, 6.45) is 0. The van der Waals surface area contributed by atoms with Gasteiger partial charge in [0.15, 0.2) is 0 Å². The minimum Gasteiger partial charge on any atom is -0.384 e. The predicted octanol–water partition coefficient (Wildman–Crippen LogP) is 9.12. The highest BCUT2D eigenvalue weighted by atomic mass is 35.5. The van der Waals surface area contributed by atoms with Gasteiger partial charge < -0.3 is 16.4 Å². The largest absolute Gasteiger partial charge is 0.384 e. The number of aryl methyl sites for hydroxylation is 1. The van der Waals surface area contributed by atoms with Gasteiger partial charge in [-0.3, -0.25) is 9.59 Å². The summed E-state index contributed by atoms with van der Waals surface area (Å²) in [5.74, 6) is -1.67. The number of carbonyl (C=O) groups is 2. The second-order valence-corrected chi connectivity index (χ2v) is 13.5. The van der Waals surface area contributed by atoms with Crippen LogP contribution in [0.1, 0.15) is 51.4 Å². The molecule has 3 atom stereocenters. The van der Waals surface area contributed by atoms with Crippen LogP contribution in [-0.2, 0) is 10.2 Å². The molecule has 0 saturated heterocycles. The Morgan fingerprint density at radius 2 is 1.58 bits per heavy atom. The Morgan fingerprint density at radius 3 is 2.21 bits per heavy atom. The number of anilines is 2. The van der Waals surface area contributed by atoms with Crippen molar-refractivity contribution >= 4 is 81.2 Å². The van der Waals surface area contributed by atoms with Crippen molar-refractivity contribution in [2.45, 2.75) is 35.4 Å². The summed E-state index contributed by atoms with van der Waals surface area (Å²) in [6.45, 7) is 4.82. The van der Waals surface area contributed by atoms with Crippen molar-refractivity contribution < 1.29 is 9.59 Å². The number of benzene rings is 4. The average molecular weight is 676 g/mol. The van der Waals surface area contributed by atoms with Gasteiger partial charge in [-0.05, 0) is 83.6 Å². The molecule has 0 aliphatic heterocycles. The molecule has 1 saturated carbocycles. The van der Waals surface area contributed by atoms with Crippen LogP contribution in [0, 0.1) is 6.92 Å². The average Bonchev–Trinajstić information content (AvgIpc) is 3.50. The summed E-state index contributed by atoms with van der Waals surface area (Å²) in [4.78, 5) is 26.5. The molecule has 5 nitrogen and oxygen atoms in total. The Morgan fingerprint density at radius 1 is 0.907 bits per heavy atom. The summed E-state index contributed by atoms with van der Waals surface area (Å²) in [5.41, 5.74) is 9.06. The molecule has 4 N–H and O–H groups in total. The summed E-state index contributed by atoms with van der Waals surface area (Å²) in [5, 5.41) is 7.28. The van der Waals surface area contributed by atoms with E-state index in [2.05, 4.69) is 29.7 Å². The number of nitrogens with one attached hydrogen (secondary N) is 2. The molecule has 222 valence electrons. The molecule has 1 aliphatic carbocycles. The zero-order valence-corrected chi connectivity index (χ0v) is 27.0. The first-order valence-corrected chi connectivity index (χ1v) is 15.4. The molecule has 4 aromatic rings. The van der Waals surface area contributed by atoms with Gasteiger partial charge in [-0.1, -0.05) is 101 Å². The van der Waals surface area contributed by atoms with Gasteiger partial charge in [-0.25, -0.2) is 0 Å².